The molecule has 26 heavy (non-hydrogen) atoms. The number of nitrogens with one attached hydrogen (secondary N) is 1. The van der Waals surface area contributed by atoms with E-state index in [2.05, 4.69) is 19.2 Å². The van der Waals surface area contributed by atoms with Crippen molar-refractivity contribution in [3.8, 4) is 0 Å². The van der Waals surface area contributed by atoms with Crippen molar-refractivity contribution in [2.75, 3.05) is 6.61 Å². The molecule has 0 spiro atoms. The maximum absolute atomic E-state index is 12.9. The Morgan fingerprint density at radius 2 is 2.00 bits per heavy atom. The summed E-state index contributed by atoms with van der Waals surface area (Å²) in [5.41, 5.74) is 3.04. The van der Waals surface area contributed by atoms with Gasteiger partial charge in [-0.25, -0.2) is 4.79 Å². The van der Waals surface area contributed by atoms with Crippen molar-refractivity contribution in [3.05, 3.63) is 65.0 Å². The molecule has 3 rings (SSSR count). The largest absolute Gasteiger partial charge is 0.463 e. The molecule has 1 unspecified atom stereocenters. The van der Waals surface area contributed by atoms with Crippen LogP contribution in [-0.2, 0) is 14.3 Å². The van der Waals surface area contributed by atoms with E-state index < -0.39 is 0 Å². The molecule has 1 aliphatic carbocycles. The third-order valence-electron chi connectivity index (χ3n) is 4.76. The number of ether oxygens (including phenoxy) is 1. The van der Waals surface area contributed by atoms with Gasteiger partial charge in [0.15, 0.2) is 5.78 Å². The van der Waals surface area contributed by atoms with Gasteiger partial charge in [-0.1, -0.05) is 56.3 Å². The van der Waals surface area contributed by atoms with Gasteiger partial charge in [-0.05, 0) is 24.3 Å². The molecule has 4 nitrogen and oxygen atoms in total. The highest BCUT2D eigenvalue weighted by atomic mass is 16.5. The number of dihydropyridines is 1. The zero-order valence-corrected chi connectivity index (χ0v) is 15.5. The van der Waals surface area contributed by atoms with E-state index in [0.717, 1.165) is 17.7 Å². The van der Waals surface area contributed by atoms with Gasteiger partial charge in [0.25, 0.3) is 0 Å². The fraction of sp³-hybridized carbons (Fsp3) is 0.364. The second kappa shape index (κ2) is 7.32. The maximum Gasteiger partial charge on any atom is 0.336 e. The van der Waals surface area contributed by atoms with E-state index in [1.54, 1.807) is 13.1 Å². The van der Waals surface area contributed by atoms with Crippen LogP contribution in [0.25, 0.3) is 6.08 Å². The van der Waals surface area contributed by atoms with Gasteiger partial charge in [0.2, 0.25) is 0 Å². The zero-order valence-electron chi connectivity index (χ0n) is 15.5. The fourth-order valence-electron chi connectivity index (χ4n) is 3.61. The number of rotatable bonds is 4. The molecule has 0 bridgehead atoms. The lowest BCUT2D eigenvalue weighted by Crippen LogP contribution is -2.37. The summed E-state index contributed by atoms with van der Waals surface area (Å²) in [4.78, 5) is 25.3. The minimum absolute atomic E-state index is 0.0775. The predicted octanol–water partition coefficient (Wildman–Crippen LogP) is 4.01. The molecule has 136 valence electrons. The highest BCUT2D eigenvalue weighted by molar-refractivity contribution is 6.02. The van der Waals surface area contributed by atoms with Gasteiger partial charge in [0, 0.05) is 29.8 Å². The van der Waals surface area contributed by atoms with Gasteiger partial charge in [0.1, 0.15) is 0 Å². The van der Waals surface area contributed by atoms with E-state index in [1.165, 1.54) is 0 Å². The summed E-state index contributed by atoms with van der Waals surface area (Å²) in [6, 6.07) is 9.87. The van der Waals surface area contributed by atoms with Gasteiger partial charge in [0.05, 0.1) is 12.2 Å². The molecule has 0 amide bonds. The summed E-state index contributed by atoms with van der Waals surface area (Å²) in [5, 5.41) is 3.19. The topological polar surface area (TPSA) is 55.4 Å². The Morgan fingerprint density at radius 1 is 1.27 bits per heavy atom. The number of carbonyl (C=O) groups is 2. The van der Waals surface area contributed by atoms with Crippen molar-refractivity contribution in [3.63, 3.8) is 0 Å². The van der Waals surface area contributed by atoms with Gasteiger partial charge in [-0.2, -0.15) is 0 Å². The van der Waals surface area contributed by atoms with Crippen LogP contribution in [0.3, 0.4) is 0 Å². The highest BCUT2D eigenvalue weighted by Crippen LogP contribution is 2.42. The van der Waals surface area contributed by atoms with E-state index in [0.29, 0.717) is 24.2 Å². The van der Waals surface area contributed by atoms with Crippen LogP contribution < -0.4 is 5.32 Å². The minimum Gasteiger partial charge on any atom is -0.463 e. The molecule has 0 fully saturated rings. The van der Waals surface area contributed by atoms with Crippen molar-refractivity contribution in [1.82, 2.24) is 5.32 Å². The smallest absolute Gasteiger partial charge is 0.336 e. The van der Waals surface area contributed by atoms with Crippen molar-refractivity contribution in [1.29, 1.82) is 0 Å². The maximum atomic E-state index is 12.9. The second-order valence-electron chi connectivity index (χ2n) is 7.55. The molecule has 1 atom stereocenters. The Kier molecular flexibility index (Phi) is 5.12. The molecule has 4 heteroatoms. The molecule has 1 N–H and O–H groups in total. The molecule has 0 saturated heterocycles. The molecule has 1 aliphatic heterocycles. The summed E-state index contributed by atoms with van der Waals surface area (Å²) in [5.74, 6) is -0.664. The molecule has 1 heterocycles. The zero-order chi connectivity index (χ0) is 18.7. The third-order valence-corrected chi connectivity index (χ3v) is 4.76. The Labute approximate surface area is 154 Å². The summed E-state index contributed by atoms with van der Waals surface area (Å²) in [6.45, 7) is 6.27. The molecule has 0 aromatic heterocycles. The Bertz CT molecular complexity index is 800. The Hall–Kier alpha value is -2.62. The first-order valence-corrected chi connectivity index (χ1v) is 9.04. The number of hydrogen-bond donors (Lipinski definition) is 1. The van der Waals surface area contributed by atoms with E-state index in [4.69, 9.17) is 4.74 Å². The van der Waals surface area contributed by atoms with E-state index in [9.17, 15) is 9.59 Å². The van der Waals surface area contributed by atoms with Crippen LogP contribution in [0.15, 0.2) is 59.5 Å². The van der Waals surface area contributed by atoms with Crippen LogP contribution in [0.2, 0.25) is 0 Å². The summed E-state index contributed by atoms with van der Waals surface area (Å²) < 4.78 is 5.20. The van der Waals surface area contributed by atoms with Crippen LogP contribution in [0.1, 0.15) is 39.2 Å². The molecular formula is C22H25NO3. The lowest BCUT2D eigenvalue weighted by atomic mass is 9.70. The summed E-state index contributed by atoms with van der Waals surface area (Å²) in [6.07, 6.45) is 6.87. The van der Waals surface area contributed by atoms with Gasteiger partial charge in [-0.3, -0.25) is 4.79 Å². The van der Waals surface area contributed by atoms with E-state index in [1.807, 2.05) is 42.5 Å². The number of carbonyl (C=O) groups excluding carboxylic acids is 2. The quantitative estimate of drug-likeness (QED) is 0.833. The molecule has 1 aromatic carbocycles. The number of Topliss-reactive ketones (excluding diaryl/α,β-unsaturated/α-hetero) is 1. The van der Waals surface area contributed by atoms with Crippen LogP contribution in [0.4, 0.5) is 0 Å². The Balaban J connectivity index is 1.99. The molecule has 0 saturated carbocycles. The predicted molar refractivity (Wildman–Crippen MR) is 102 cm³/mol. The first-order valence-electron chi connectivity index (χ1n) is 9.04. The normalized spacial score (nSPS) is 21.9. The third kappa shape index (κ3) is 3.79. The average molecular weight is 351 g/mol. The standard InChI is InChI=1S/C22H25NO3/c1-4-26-21(25)17-14-23-18-12-22(2,3)13-19(24)20(18)16(17)11-10-15-8-6-5-7-9-15/h5-11,14,16,23H,4,12-13H2,1-3H3/b11-10+. The number of ketones is 1. The van der Waals surface area contributed by atoms with Crippen molar-refractivity contribution < 1.29 is 14.3 Å². The van der Waals surface area contributed by atoms with Gasteiger partial charge in [-0.15, -0.1) is 0 Å². The first kappa shape index (κ1) is 18.2. The average Bonchev–Trinajstić information content (AvgIpc) is 2.59. The number of allylic oxidation sites excluding steroid dienone is 3. The second-order valence-corrected chi connectivity index (χ2v) is 7.55. The molecule has 1 aromatic rings. The summed E-state index contributed by atoms with van der Waals surface area (Å²) >= 11 is 0. The van der Waals surface area contributed by atoms with Crippen LogP contribution in [-0.4, -0.2) is 18.4 Å². The van der Waals surface area contributed by atoms with E-state index in [-0.39, 0.29) is 23.1 Å². The summed E-state index contributed by atoms with van der Waals surface area (Å²) in [7, 11) is 0. The van der Waals surface area contributed by atoms with Crippen molar-refractivity contribution in [2.24, 2.45) is 11.3 Å². The van der Waals surface area contributed by atoms with Crippen LogP contribution in [0.5, 0.6) is 0 Å². The molecule has 0 radical (unpaired) electrons. The highest BCUT2D eigenvalue weighted by Gasteiger charge is 2.39. The van der Waals surface area contributed by atoms with Crippen LogP contribution >= 0.6 is 0 Å². The van der Waals surface area contributed by atoms with Crippen molar-refractivity contribution in [2.45, 2.75) is 33.6 Å². The lowest BCUT2D eigenvalue weighted by Gasteiger charge is -2.36. The molecule has 2 aliphatic rings. The SMILES string of the molecule is CCOC(=O)C1=CNC2=C(C(=O)CC(C)(C)C2)C1/C=C/c1ccccc1. The van der Waals surface area contributed by atoms with Gasteiger partial charge < -0.3 is 10.1 Å². The van der Waals surface area contributed by atoms with E-state index >= 15 is 0 Å². The number of hydrogen-bond acceptors (Lipinski definition) is 4. The monoisotopic (exact) mass is 351 g/mol. The molecular weight excluding hydrogens is 326 g/mol. The first-order chi connectivity index (χ1) is 12.4. The fourth-order valence-corrected chi connectivity index (χ4v) is 3.61. The van der Waals surface area contributed by atoms with Gasteiger partial charge >= 0.3 is 5.97 Å². The number of esters is 1. The number of benzene rings is 1. The lowest BCUT2D eigenvalue weighted by molar-refractivity contribution is -0.138. The van der Waals surface area contributed by atoms with Crippen LogP contribution in [0, 0.1) is 11.3 Å². The minimum atomic E-state index is -0.383. The van der Waals surface area contributed by atoms with Crippen molar-refractivity contribution >= 4 is 17.8 Å². The Morgan fingerprint density at radius 3 is 2.69 bits per heavy atom.